The fourth-order valence-electron chi connectivity index (χ4n) is 0.258. The summed E-state index contributed by atoms with van der Waals surface area (Å²) in [5.74, 6) is 0. The molecule has 0 radical (unpaired) electrons. The Morgan fingerprint density at radius 1 is 1.78 bits per heavy atom. The molecule has 0 spiro atoms. The third-order valence-corrected chi connectivity index (χ3v) is 2.61. The van der Waals surface area contributed by atoms with Gasteiger partial charge in [-0.05, 0) is 6.54 Å². The van der Waals surface area contributed by atoms with E-state index in [1.54, 1.807) is 0 Å². The molecule has 0 aliphatic rings. The molecule has 0 heterocycles. The van der Waals surface area contributed by atoms with E-state index in [-0.39, 0.29) is 29.6 Å². The molecular weight excluding hydrogens is 168 g/mol. The molecule has 0 saturated heterocycles. The van der Waals surface area contributed by atoms with Crippen LogP contribution in [0.2, 0.25) is 0 Å². The van der Waals surface area contributed by atoms with Crippen molar-refractivity contribution in [3.63, 3.8) is 0 Å². The zero-order valence-electron chi connectivity index (χ0n) is 5.88. The van der Waals surface area contributed by atoms with E-state index in [1.807, 2.05) is 6.92 Å². The number of rotatable bonds is 3. The summed E-state index contributed by atoms with van der Waals surface area (Å²) in [5, 5.41) is 2.52. The van der Waals surface area contributed by atoms with Crippen LogP contribution in [-0.2, 0) is 21.3 Å². The van der Waals surface area contributed by atoms with Crippen LogP contribution in [0.4, 0.5) is 0 Å². The maximum atomic E-state index is 10.7. The second kappa shape index (κ2) is 6.23. The Bertz CT molecular complexity index is 112. The zero-order valence-corrected chi connectivity index (χ0v) is 9.59. The summed E-state index contributed by atoms with van der Waals surface area (Å²) >= 11 is 4.47. The van der Waals surface area contributed by atoms with Crippen LogP contribution in [0.25, 0.3) is 0 Å². The van der Waals surface area contributed by atoms with Crippen molar-refractivity contribution in [1.29, 1.82) is 0 Å². The maximum absolute atomic E-state index is 10.7. The van der Waals surface area contributed by atoms with Gasteiger partial charge < -0.3 is 21.3 Å². The van der Waals surface area contributed by atoms with Gasteiger partial charge in [-0.1, -0.05) is 6.92 Å². The van der Waals surface area contributed by atoms with Gasteiger partial charge in [0.2, 0.25) is 0 Å². The Morgan fingerprint density at radius 2 is 2.22 bits per heavy atom. The van der Waals surface area contributed by atoms with Gasteiger partial charge in [0.1, 0.15) is 6.72 Å². The monoisotopic (exact) mass is 177 g/mol. The Balaban J connectivity index is 0. The molecule has 1 N–H and O–H groups in total. The molecule has 0 fully saturated rings. The van der Waals surface area contributed by atoms with Crippen molar-refractivity contribution in [2.75, 3.05) is 13.7 Å². The molecule has 3 nitrogen and oxygen atoms in total. The fraction of sp³-hybridized carbons (Fsp3) is 1.00. The summed E-state index contributed by atoms with van der Waals surface area (Å²) < 4.78 is 15.1. The van der Waals surface area contributed by atoms with Crippen molar-refractivity contribution in [3.05, 3.63) is 0 Å². The molecule has 0 bridgehead atoms. The van der Waals surface area contributed by atoms with Crippen molar-refractivity contribution in [1.82, 2.24) is 5.09 Å². The van der Waals surface area contributed by atoms with Gasteiger partial charge in [-0.15, -0.1) is 0 Å². The molecule has 9 heavy (non-hydrogen) atoms. The van der Waals surface area contributed by atoms with Crippen LogP contribution in [0.1, 0.15) is 6.92 Å². The average Bonchev–Trinajstić information content (AvgIpc) is 1.67. The first kappa shape index (κ1) is 13.1. The molecule has 50 valence electrons. The molecule has 0 aromatic rings. The second-order valence-corrected chi connectivity index (χ2v) is 4.31. The predicted octanol–water partition coefficient (Wildman–Crippen LogP) is -2.10. The van der Waals surface area contributed by atoms with Crippen LogP contribution in [0.3, 0.4) is 0 Å². The summed E-state index contributed by atoms with van der Waals surface area (Å²) in [7, 11) is 1.33. The normalized spacial score (nSPS) is 15.9. The first-order valence-electron chi connectivity index (χ1n) is 2.24. The zero-order chi connectivity index (χ0) is 6.62. The van der Waals surface area contributed by atoms with E-state index in [0.29, 0.717) is 6.54 Å². The summed E-state index contributed by atoms with van der Waals surface area (Å²) in [4.78, 5) is 0. The van der Waals surface area contributed by atoms with E-state index in [2.05, 4.69) is 21.9 Å². The molecule has 0 amide bonds. The van der Waals surface area contributed by atoms with Gasteiger partial charge >= 0.3 is 29.6 Å². The van der Waals surface area contributed by atoms with E-state index < -0.39 is 6.72 Å². The minimum Gasteiger partial charge on any atom is -0.673 e. The van der Waals surface area contributed by atoms with Crippen molar-refractivity contribution in [3.8, 4) is 0 Å². The molecule has 0 aromatic heterocycles. The van der Waals surface area contributed by atoms with Gasteiger partial charge in [-0.25, -0.2) is 0 Å². The van der Waals surface area contributed by atoms with Crippen molar-refractivity contribution in [2.45, 2.75) is 6.92 Å². The molecule has 0 aromatic carbocycles. The van der Waals surface area contributed by atoms with E-state index in [1.165, 1.54) is 7.11 Å². The summed E-state index contributed by atoms with van der Waals surface area (Å²) in [6.07, 6.45) is 0. The molecule has 0 saturated carbocycles. The van der Waals surface area contributed by atoms with Gasteiger partial charge in [0, 0.05) is 7.11 Å². The van der Waals surface area contributed by atoms with Crippen LogP contribution in [0.5, 0.6) is 0 Å². The molecular formula is C3H9NNaO2PS. The minimum absolute atomic E-state index is 0. The van der Waals surface area contributed by atoms with Crippen LogP contribution < -0.4 is 34.6 Å². The summed E-state index contributed by atoms with van der Waals surface area (Å²) in [5.41, 5.74) is 0. The Morgan fingerprint density at radius 3 is 2.33 bits per heavy atom. The Labute approximate surface area is 82.9 Å². The van der Waals surface area contributed by atoms with Gasteiger partial charge in [0.15, 0.2) is 0 Å². The average molecular weight is 177 g/mol. The molecule has 0 aliphatic heterocycles. The van der Waals surface area contributed by atoms with Crippen molar-refractivity contribution in [2.24, 2.45) is 0 Å². The largest absolute Gasteiger partial charge is 1.00 e. The van der Waals surface area contributed by atoms with Crippen LogP contribution in [0, 0.1) is 0 Å². The second-order valence-electron chi connectivity index (χ2n) is 1.19. The van der Waals surface area contributed by atoms with Crippen LogP contribution in [0.15, 0.2) is 0 Å². The smallest absolute Gasteiger partial charge is 0.673 e. The first-order chi connectivity index (χ1) is 3.62. The Hall–Kier alpha value is 1.50. The molecule has 1 unspecified atom stereocenters. The number of hydrogen-bond donors (Lipinski definition) is 1. The van der Waals surface area contributed by atoms with Gasteiger partial charge in [-0.2, -0.15) is 0 Å². The quantitative estimate of drug-likeness (QED) is 0.304. The molecule has 0 rings (SSSR count). The third-order valence-electron chi connectivity index (χ3n) is 0.592. The topological polar surface area (TPSA) is 38.3 Å². The maximum Gasteiger partial charge on any atom is 1.00 e. The predicted molar refractivity (Wildman–Crippen MR) is 35.7 cm³/mol. The number of hydrogen-bond acceptors (Lipinski definition) is 3. The number of nitrogens with one attached hydrogen (secondary N) is 1. The SMILES string of the molecule is CCNP(=O)([S-])OC.[Na+]. The van der Waals surface area contributed by atoms with E-state index >= 15 is 0 Å². The third kappa shape index (κ3) is 7.40. The first-order valence-corrected chi connectivity index (χ1v) is 4.88. The molecule has 1 atom stereocenters. The van der Waals surface area contributed by atoms with Crippen molar-refractivity contribution >= 4 is 19.0 Å². The van der Waals surface area contributed by atoms with E-state index in [0.717, 1.165) is 0 Å². The van der Waals surface area contributed by atoms with Gasteiger partial charge in [0.05, 0.1) is 0 Å². The van der Waals surface area contributed by atoms with E-state index in [4.69, 9.17) is 0 Å². The summed E-state index contributed by atoms with van der Waals surface area (Å²) in [6.45, 7) is -0.445. The van der Waals surface area contributed by atoms with Gasteiger partial charge in [0.25, 0.3) is 0 Å². The molecule has 0 aliphatic carbocycles. The standard InChI is InChI=1S/C3H10NO2PS.Na/c1-3-4-7(5,8)6-2;/h3H2,1-2H3,(H2,4,5,8);/q;+1/p-1. The fourth-order valence-corrected chi connectivity index (χ4v) is 1.16. The Kier molecular flexibility index (Phi) is 9.07. The summed E-state index contributed by atoms with van der Waals surface area (Å²) in [6, 6.07) is 0. The van der Waals surface area contributed by atoms with E-state index in [9.17, 15) is 4.57 Å². The minimum atomic E-state index is -2.84. The van der Waals surface area contributed by atoms with Crippen LogP contribution >= 0.6 is 6.72 Å². The van der Waals surface area contributed by atoms with Gasteiger partial charge in [-0.3, -0.25) is 5.09 Å². The molecule has 6 heteroatoms. The van der Waals surface area contributed by atoms with Crippen LogP contribution in [-0.4, -0.2) is 13.7 Å². The van der Waals surface area contributed by atoms with Crippen molar-refractivity contribution < 1.29 is 38.6 Å².